The Balaban J connectivity index is 2.58. The summed E-state index contributed by atoms with van der Waals surface area (Å²) in [6, 6.07) is 0. The van der Waals surface area contributed by atoms with E-state index < -0.39 is 31.5 Å². The zero-order valence-electron chi connectivity index (χ0n) is 9.37. The Morgan fingerprint density at radius 1 is 1.24 bits per heavy atom. The van der Waals surface area contributed by atoms with Gasteiger partial charge < -0.3 is 13.9 Å². The van der Waals surface area contributed by atoms with Crippen molar-refractivity contribution in [3.05, 3.63) is 0 Å². The molecule has 0 aliphatic carbocycles. The zero-order valence-corrected chi connectivity index (χ0v) is 10.3. The summed E-state index contributed by atoms with van der Waals surface area (Å²) in [5.74, 6) is -2.23. The molecule has 0 N–H and O–H groups in total. The highest BCUT2D eigenvalue weighted by atomic mass is 31.2. The van der Waals surface area contributed by atoms with Crippen molar-refractivity contribution >= 4 is 25.4 Å². The number of carbonyl (C=O) groups excluding carboxylic acids is 3. The van der Waals surface area contributed by atoms with Gasteiger partial charge in [0.25, 0.3) is 11.8 Å². The van der Waals surface area contributed by atoms with E-state index in [1.807, 2.05) is 0 Å². The number of carbonyl (C=O) groups is 3. The molecule has 9 heteroatoms. The smallest absolute Gasteiger partial charge is 0.330 e. The molecule has 0 radical (unpaired) electrons. The lowest BCUT2D eigenvalue weighted by Gasteiger charge is -2.15. The molecular formula is C8H12NO7P. The fourth-order valence-electron chi connectivity index (χ4n) is 1.15. The molecule has 1 heterocycles. The molecule has 0 aromatic carbocycles. The van der Waals surface area contributed by atoms with Crippen LogP contribution in [0.15, 0.2) is 0 Å². The largest absolute Gasteiger partial charge is 0.345 e. The van der Waals surface area contributed by atoms with Crippen molar-refractivity contribution in [1.29, 1.82) is 0 Å². The van der Waals surface area contributed by atoms with Crippen LogP contribution in [0.3, 0.4) is 0 Å². The molecule has 0 aromatic heterocycles. The minimum Gasteiger partial charge on any atom is -0.330 e. The summed E-state index contributed by atoms with van der Waals surface area (Å²) in [5, 5.41) is 0.373. The third-order valence-electron chi connectivity index (χ3n) is 2.08. The molecule has 0 spiro atoms. The molecule has 0 saturated carbocycles. The van der Waals surface area contributed by atoms with E-state index >= 15 is 0 Å². The van der Waals surface area contributed by atoms with Crippen LogP contribution in [0.25, 0.3) is 0 Å². The maximum absolute atomic E-state index is 11.6. The van der Waals surface area contributed by atoms with Gasteiger partial charge in [-0.25, -0.2) is 4.79 Å². The van der Waals surface area contributed by atoms with Crippen LogP contribution in [-0.4, -0.2) is 43.2 Å². The van der Waals surface area contributed by atoms with Gasteiger partial charge in [0.05, 0.1) is 0 Å². The van der Waals surface area contributed by atoms with Crippen LogP contribution in [-0.2, 0) is 32.8 Å². The average molecular weight is 265 g/mol. The lowest BCUT2D eigenvalue weighted by molar-refractivity contribution is -0.195. The molecule has 96 valence electrons. The van der Waals surface area contributed by atoms with Gasteiger partial charge in [-0.05, 0) is 0 Å². The molecule has 1 saturated heterocycles. The van der Waals surface area contributed by atoms with Crippen molar-refractivity contribution in [2.75, 3.05) is 20.4 Å². The van der Waals surface area contributed by atoms with Crippen molar-refractivity contribution < 1.29 is 32.8 Å². The number of amides is 2. The number of hydrogen-bond acceptors (Lipinski definition) is 7. The lowest BCUT2D eigenvalue weighted by atomic mass is 10.4. The molecule has 8 nitrogen and oxygen atoms in total. The zero-order chi connectivity index (χ0) is 13.1. The lowest BCUT2D eigenvalue weighted by Crippen LogP contribution is -2.33. The number of rotatable bonds is 5. The monoisotopic (exact) mass is 265 g/mol. The molecular weight excluding hydrogens is 253 g/mol. The van der Waals surface area contributed by atoms with E-state index in [0.29, 0.717) is 5.06 Å². The third-order valence-corrected chi connectivity index (χ3v) is 3.84. The predicted octanol–water partition coefficient (Wildman–Crippen LogP) is 0.0795. The SMILES string of the molecule is COP(=O)(CC(=O)ON1C(=O)CCC1=O)OC. The number of nitrogens with zero attached hydrogens (tertiary/aromatic N) is 1. The van der Waals surface area contributed by atoms with Crippen LogP contribution >= 0.6 is 7.60 Å². The van der Waals surface area contributed by atoms with Gasteiger partial charge in [0, 0.05) is 27.1 Å². The Kier molecular flexibility index (Phi) is 4.39. The van der Waals surface area contributed by atoms with Gasteiger partial charge in [-0.3, -0.25) is 14.2 Å². The molecule has 1 fully saturated rings. The Labute approximate surface area is 97.3 Å². The first-order valence-electron chi connectivity index (χ1n) is 4.69. The van der Waals surface area contributed by atoms with Crippen molar-refractivity contribution in [2.45, 2.75) is 12.8 Å². The van der Waals surface area contributed by atoms with Crippen molar-refractivity contribution in [3.8, 4) is 0 Å². The molecule has 1 rings (SSSR count). The molecule has 1 aliphatic rings. The van der Waals surface area contributed by atoms with Crippen LogP contribution in [0.5, 0.6) is 0 Å². The van der Waals surface area contributed by atoms with Gasteiger partial charge in [-0.1, -0.05) is 0 Å². The molecule has 0 aromatic rings. The summed E-state index contributed by atoms with van der Waals surface area (Å²) in [4.78, 5) is 38.1. The quantitative estimate of drug-likeness (QED) is 0.512. The van der Waals surface area contributed by atoms with E-state index in [0.717, 1.165) is 14.2 Å². The van der Waals surface area contributed by atoms with Crippen molar-refractivity contribution in [2.24, 2.45) is 0 Å². The van der Waals surface area contributed by atoms with Gasteiger partial charge in [0.1, 0.15) is 0 Å². The molecule has 17 heavy (non-hydrogen) atoms. The number of imide groups is 1. The minimum absolute atomic E-state index is 0.00166. The molecule has 1 aliphatic heterocycles. The van der Waals surface area contributed by atoms with Gasteiger partial charge in [0.15, 0.2) is 6.16 Å². The van der Waals surface area contributed by atoms with Crippen LogP contribution in [0, 0.1) is 0 Å². The van der Waals surface area contributed by atoms with Crippen molar-refractivity contribution in [3.63, 3.8) is 0 Å². The highest BCUT2D eigenvalue weighted by molar-refractivity contribution is 7.54. The highest BCUT2D eigenvalue weighted by Gasteiger charge is 2.35. The summed E-state index contributed by atoms with van der Waals surface area (Å²) in [5.41, 5.74) is 0. The number of hydrogen-bond donors (Lipinski definition) is 0. The third kappa shape index (κ3) is 3.36. The van der Waals surface area contributed by atoms with Crippen LogP contribution in [0.4, 0.5) is 0 Å². The first-order valence-corrected chi connectivity index (χ1v) is 6.42. The summed E-state index contributed by atoms with van der Waals surface area (Å²) >= 11 is 0. The second-order valence-electron chi connectivity index (χ2n) is 3.18. The average Bonchev–Trinajstić information content (AvgIpc) is 2.60. The van der Waals surface area contributed by atoms with Gasteiger partial charge in [-0.2, -0.15) is 0 Å². The van der Waals surface area contributed by atoms with E-state index in [4.69, 9.17) is 0 Å². The van der Waals surface area contributed by atoms with Gasteiger partial charge >= 0.3 is 13.6 Å². The Morgan fingerprint density at radius 3 is 2.12 bits per heavy atom. The van der Waals surface area contributed by atoms with E-state index in [1.54, 1.807) is 0 Å². The maximum atomic E-state index is 11.6. The highest BCUT2D eigenvalue weighted by Crippen LogP contribution is 2.46. The fourth-order valence-corrected chi connectivity index (χ4v) is 1.93. The molecule has 0 unspecified atom stereocenters. The van der Waals surface area contributed by atoms with Crippen molar-refractivity contribution in [1.82, 2.24) is 5.06 Å². The Bertz CT molecular complexity index is 369. The first kappa shape index (κ1) is 13.8. The van der Waals surface area contributed by atoms with Gasteiger partial charge in [0.2, 0.25) is 0 Å². The summed E-state index contributed by atoms with van der Waals surface area (Å²) < 4.78 is 20.6. The minimum atomic E-state index is -3.56. The van der Waals surface area contributed by atoms with E-state index in [-0.39, 0.29) is 12.8 Å². The van der Waals surface area contributed by atoms with Gasteiger partial charge in [-0.15, -0.1) is 5.06 Å². The second kappa shape index (κ2) is 5.39. The fraction of sp³-hybridized carbons (Fsp3) is 0.625. The summed E-state index contributed by atoms with van der Waals surface area (Å²) in [6.07, 6.45) is -0.673. The van der Waals surface area contributed by atoms with E-state index in [9.17, 15) is 18.9 Å². The topological polar surface area (TPSA) is 99.2 Å². The first-order chi connectivity index (χ1) is 7.91. The molecule has 2 amide bonds. The summed E-state index contributed by atoms with van der Waals surface area (Å²) in [6.45, 7) is 0. The number of hydroxylamine groups is 2. The van der Waals surface area contributed by atoms with Crippen LogP contribution in [0.1, 0.15) is 12.8 Å². The Hall–Kier alpha value is -1.24. The summed E-state index contributed by atoms with van der Waals surface area (Å²) in [7, 11) is -1.33. The van der Waals surface area contributed by atoms with Crippen LogP contribution < -0.4 is 0 Å². The van der Waals surface area contributed by atoms with Crippen LogP contribution in [0.2, 0.25) is 0 Å². The van der Waals surface area contributed by atoms with E-state index in [1.165, 1.54) is 0 Å². The molecule has 0 bridgehead atoms. The van der Waals surface area contributed by atoms with E-state index in [2.05, 4.69) is 13.9 Å². The maximum Gasteiger partial charge on any atom is 0.345 e. The molecule has 0 atom stereocenters. The standard InChI is InChI=1S/C8H12NO7P/c1-14-17(13,15-2)5-8(12)16-9-6(10)3-4-7(9)11/h3-5H2,1-2H3. The normalized spacial score (nSPS) is 16.5. The second-order valence-corrected chi connectivity index (χ2v) is 5.45. The Morgan fingerprint density at radius 2 is 1.71 bits per heavy atom. The predicted molar refractivity (Wildman–Crippen MR) is 53.7 cm³/mol.